The molecule has 0 bridgehead atoms. The molecule has 35 heavy (non-hydrogen) atoms. The summed E-state index contributed by atoms with van der Waals surface area (Å²) in [4.78, 5) is 16.4. The van der Waals surface area contributed by atoms with E-state index in [-0.39, 0.29) is 22.8 Å². The minimum atomic E-state index is -4.62. The van der Waals surface area contributed by atoms with E-state index in [4.69, 9.17) is 26.4 Å². The highest BCUT2D eigenvalue weighted by molar-refractivity contribution is 7.71. The number of benzene rings is 2. The number of nitrogens with zero attached hydrogens (tertiary/aromatic N) is 1. The SMILES string of the molecule is COc1c2c(cc3c1[C@H](c1c([O-])n(-c4cccc(C(F)(F)F)c4)c(=S)[nH]c1=O)[NH+](C)CC3)OCO2. The van der Waals surface area contributed by atoms with Crippen LogP contribution in [-0.4, -0.2) is 37.0 Å². The molecule has 3 aromatic rings. The molecule has 1 aromatic heterocycles. The summed E-state index contributed by atoms with van der Waals surface area (Å²) in [7, 11) is 3.28. The third-order valence-electron chi connectivity index (χ3n) is 6.34. The number of quaternary nitrogens is 1. The second-order valence-electron chi connectivity index (χ2n) is 8.36. The minimum Gasteiger partial charge on any atom is -0.859 e. The zero-order chi connectivity index (χ0) is 25.1. The number of methoxy groups -OCH3 is 1. The van der Waals surface area contributed by atoms with Crippen LogP contribution in [-0.2, 0) is 12.6 Å². The molecule has 1 unspecified atom stereocenters. The Morgan fingerprint density at radius 2 is 2.03 bits per heavy atom. The first kappa shape index (κ1) is 23.2. The van der Waals surface area contributed by atoms with Crippen molar-refractivity contribution in [3.8, 4) is 28.8 Å². The van der Waals surface area contributed by atoms with Crippen molar-refractivity contribution in [2.45, 2.75) is 18.6 Å². The molecule has 0 radical (unpaired) electrons. The Balaban J connectivity index is 1.76. The molecule has 12 heteroatoms. The Bertz CT molecular complexity index is 1450. The number of alkyl halides is 3. The fourth-order valence-corrected chi connectivity index (χ4v) is 5.04. The third kappa shape index (κ3) is 3.73. The zero-order valence-corrected chi connectivity index (χ0v) is 19.4. The topological polar surface area (TPSA) is 93.0 Å². The van der Waals surface area contributed by atoms with Gasteiger partial charge < -0.3 is 28.8 Å². The average molecular weight is 507 g/mol. The van der Waals surface area contributed by atoms with Crippen LogP contribution >= 0.6 is 12.2 Å². The van der Waals surface area contributed by atoms with Crippen LogP contribution in [0.3, 0.4) is 0 Å². The molecule has 5 rings (SSSR count). The summed E-state index contributed by atoms with van der Waals surface area (Å²) < 4.78 is 57.3. The number of H-pyrrole nitrogens is 1. The lowest BCUT2D eigenvalue weighted by Gasteiger charge is -2.35. The van der Waals surface area contributed by atoms with Crippen LogP contribution in [0, 0.1) is 4.77 Å². The van der Waals surface area contributed by atoms with Gasteiger partial charge in [-0.05, 0) is 47.9 Å². The van der Waals surface area contributed by atoms with Crippen molar-refractivity contribution in [1.29, 1.82) is 0 Å². The molecule has 2 aliphatic rings. The van der Waals surface area contributed by atoms with Crippen LogP contribution in [0.4, 0.5) is 13.2 Å². The molecule has 0 amide bonds. The Hall–Kier alpha value is -3.51. The van der Waals surface area contributed by atoms with E-state index in [0.717, 1.165) is 27.2 Å². The fourth-order valence-electron chi connectivity index (χ4n) is 4.76. The van der Waals surface area contributed by atoms with Gasteiger partial charge in [-0.2, -0.15) is 13.2 Å². The number of halogens is 3. The molecule has 3 heterocycles. The molecule has 0 spiro atoms. The van der Waals surface area contributed by atoms with E-state index >= 15 is 0 Å². The summed E-state index contributed by atoms with van der Waals surface area (Å²) in [6.07, 6.45) is -3.99. The molecule has 2 aliphatic heterocycles. The maximum absolute atomic E-state index is 13.7. The summed E-state index contributed by atoms with van der Waals surface area (Å²) in [5.41, 5.74) is -0.487. The highest BCUT2D eigenvalue weighted by Gasteiger charge is 2.39. The van der Waals surface area contributed by atoms with Gasteiger partial charge in [0.2, 0.25) is 12.5 Å². The second kappa shape index (κ2) is 8.31. The van der Waals surface area contributed by atoms with Crippen LogP contribution in [0.25, 0.3) is 5.69 Å². The molecule has 8 nitrogen and oxygen atoms in total. The number of likely N-dealkylation sites (N-methyl/N-ethyl adjacent to an activating group) is 1. The first-order valence-electron chi connectivity index (χ1n) is 10.7. The van der Waals surface area contributed by atoms with E-state index in [1.807, 2.05) is 7.05 Å². The smallest absolute Gasteiger partial charge is 0.416 e. The molecule has 0 saturated heterocycles. The van der Waals surface area contributed by atoms with Gasteiger partial charge in [0.15, 0.2) is 16.3 Å². The van der Waals surface area contributed by atoms with Crippen LogP contribution in [0.1, 0.15) is 28.3 Å². The van der Waals surface area contributed by atoms with E-state index in [1.165, 1.54) is 19.2 Å². The van der Waals surface area contributed by atoms with Crippen LogP contribution in [0.2, 0.25) is 0 Å². The summed E-state index contributed by atoms with van der Waals surface area (Å²) in [5.74, 6) is 0.441. The van der Waals surface area contributed by atoms with Crippen molar-refractivity contribution in [1.82, 2.24) is 9.55 Å². The first-order chi connectivity index (χ1) is 16.6. The predicted molar refractivity (Wildman–Crippen MR) is 118 cm³/mol. The minimum absolute atomic E-state index is 0.00946. The lowest BCUT2D eigenvalue weighted by Crippen LogP contribution is -3.10. The maximum atomic E-state index is 13.7. The monoisotopic (exact) mass is 507 g/mol. The third-order valence-corrected chi connectivity index (χ3v) is 6.62. The van der Waals surface area contributed by atoms with Gasteiger partial charge in [0.25, 0.3) is 5.56 Å². The molecule has 184 valence electrons. The number of ether oxygens (including phenoxy) is 3. The number of hydrogen-bond donors (Lipinski definition) is 2. The van der Waals surface area contributed by atoms with Crippen molar-refractivity contribution >= 4 is 12.2 Å². The van der Waals surface area contributed by atoms with Gasteiger partial charge in [-0.3, -0.25) is 9.78 Å². The molecule has 0 saturated carbocycles. The summed E-state index contributed by atoms with van der Waals surface area (Å²) in [6.45, 7) is 0.591. The van der Waals surface area contributed by atoms with Crippen LogP contribution < -0.4 is 29.8 Å². The van der Waals surface area contributed by atoms with E-state index in [9.17, 15) is 23.1 Å². The predicted octanol–water partition coefficient (Wildman–Crippen LogP) is 1.88. The van der Waals surface area contributed by atoms with E-state index in [2.05, 4.69) is 4.98 Å². The molecule has 2 atom stereocenters. The van der Waals surface area contributed by atoms with Gasteiger partial charge in [0, 0.05) is 12.1 Å². The highest BCUT2D eigenvalue weighted by atomic mass is 32.1. The largest absolute Gasteiger partial charge is 0.859 e. The maximum Gasteiger partial charge on any atom is 0.416 e. The Morgan fingerprint density at radius 1 is 1.26 bits per heavy atom. The van der Waals surface area contributed by atoms with Crippen molar-refractivity contribution in [2.75, 3.05) is 27.5 Å². The lowest BCUT2D eigenvalue weighted by atomic mass is 9.87. The van der Waals surface area contributed by atoms with Gasteiger partial charge in [0.1, 0.15) is 6.04 Å². The van der Waals surface area contributed by atoms with E-state index < -0.39 is 29.2 Å². The number of hydrogen-bond acceptors (Lipinski definition) is 6. The van der Waals surface area contributed by atoms with Crippen molar-refractivity contribution < 1.29 is 37.4 Å². The first-order valence-corrected chi connectivity index (χ1v) is 11.1. The van der Waals surface area contributed by atoms with Gasteiger partial charge in [-0.25, -0.2) is 0 Å². The van der Waals surface area contributed by atoms with Gasteiger partial charge in [0.05, 0.1) is 37.4 Å². The molecule has 0 aliphatic carbocycles. The molecule has 0 fully saturated rings. The lowest BCUT2D eigenvalue weighted by molar-refractivity contribution is -0.908. The van der Waals surface area contributed by atoms with Gasteiger partial charge in [-0.1, -0.05) is 6.07 Å². The zero-order valence-electron chi connectivity index (χ0n) is 18.6. The van der Waals surface area contributed by atoms with Crippen molar-refractivity contribution in [2.24, 2.45) is 0 Å². The molecule has 2 aromatic carbocycles. The Kier molecular flexibility index (Phi) is 5.52. The number of aromatic nitrogens is 2. The number of rotatable bonds is 3. The quantitative estimate of drug-likeness (QED) is 0.526. The van der Waals surface area contributed by atoms with Gasteiger partial charge in [-0.15, -0.1) is 0 Å². The van der Waals surface area contributed by atoms with Crippen LogP contribution in [0.15, 0.2) is 35.1 Å². The summed E-state index contributed by atoms with van der Waals surface area (Å²) in [6, 6.07) is 5.25. The second-order valence-corrected chi connectivity index (χ2v) is 8.74. The average Bonchev–Trinajstić information content (AvgIpc) is 3.26. The number of aromatic amines is 1. The molecule has 2 N–H and O–H groups in total. The molecular formula is C23H20F3N3O5S. The fraction of sp³-hybridized carbons (Fsp3) is 0.304. The van der Waals surface area contributed by atoms with Crippen molar-refractivity contribution in [3.63, 3.8) is 0 Å². The normalized spacial score (nSPS) is 18.9. The Labute approximate surface area is 202 Å². The highest BCUT2D eigenvalue weighted by Crippen LogP contribution is 2.48. The Morgan fingerprint density at radius 3 is 2.74 bits per heavy atom. The summed E-state index contributed by atoms with van der Waals surface area (Å²) >= 11 is 5.19. The van der Waals surface area contributed by atoms with E-state index in [0.29, 0.717) is 35.8 Å². The summed E-state index contributed by atoms with van der Waals surface area (Å²) in [5, 5.41) is 13.7. The van der Waals surface area contributed by atoms with Gasteiger partial charge >= 0.3 is 6.18 Å². The number of nitrogens with one attached hydrogen (secondary N) is 2. The number of fused-ring (bicyclic) bond motifs is 2. The standard InChI is InChI=1S/C23H20F3N3O5S/c1-28-7-6-11-8-14-18(34-10-33-14)19(32-2)15(11)17(28)16-20(30)27-22(35)29(21(16)31)13-5-3-4-12(9-13)23(24,25)26/h3-5,8-9,17,31H,6-7,10H2,1-2H3,(H,27,30,35)/t17-/m1/s1. The van der Waals surface area contributed by atoms with Crippen molar-refractivity contribution in [3.05, 3.63) is 67.7 Å². The molecular weight excluding hydrogens is 487 g/mol. The van der Waals surface area contributed by atoms with E-state index in [1.54, 1.807) is 6.07 Å². The van der Waals surface area contributed by atoms with Crippen LogP contribution in [0.5, 0.6) is 23.1 Å².